The molecule has 0 aliphatic carbocycles. The predicted octanol–water partition coefficient (Wildman–Crippen LogP) is 4.14. The maximum absolute atomic E-state index is 5.09. The molecule has 0 bridgehead atoms. The number of hydrogen-bond acceptors (Lipinski definition) is 1. The van der Waals surface area contributed by atoms with Gasteiger partial charge in [-0.2, -0.15) is 0 Å². The van der Waals surface area contributed by atoms with Crippen LogP contribution in [0, 0.1) is 0 Å². The Morgan fingerprint density at radius 3 is 1.94 bits per heavy atom. The summed E-state index contributed by atoms with van der Waals surface area (Å²) in [6.07, 6.45) is 1.85. The highest BCUT2D eigenvalue weighted by Gasteiger charge is 1.97. The summed E-state index contributed by atoms with van der Waals surface area (Å²) < 4.78 is 5.09. The van der Waals surface area contributed by atoms with Crippen molar-refractivity contribution < 1.29 is 4.74 Å². The Kier molecular flexibility index (Phi) is 3.73. The number of hydrogen-bond donors (Lipinski definition) is 0. The molecule has 2 aromatic rings. The average molecular weight is 224 g/mol. The maximum atomic E-state index is 5.09. The van der Waals surface area contributed by atoms with Crippen LogP contribution in [0.3, 0.4) is 0 Å². The van der Waals surface area contributed by atoms with Gasteiger partial charge in [-0.1, -0.05) is 61.2 Å². The highest BCUT2D eigenvalue weighted by Crippen LogP contribution is 2.20. The van der Waals surface area contributed by atoms with Gasteiger partial charge in [0.2, 0.25) is 0 Å². The summed E-state index contributed by atoms with van der Waals surface area (Å²) >= 11 is 0. The van der Waals surface area contributed by atoms with Gasteiger partial charge >= 0.3 is 0 Å². The van der Waals surface area contributed by atoms with E-state index in [-0.39, 0.29) is 0 Å². The Hall–Kier alpha value is -1.86. The number of methoxy groups -OCH3 is 1. The molecule has 1 heteroatoms. The Balaban J connectivity index is 2.23. The first kappa shape index (κ1) is 11.6. The Morgan fingerprint density at radius 2 is 1.47 bits per heavy atom. The molecule has 0 saturated heterocycles. The fourth-order valence-electron chi connectivity index (χ4n) is 1.77. The molecular weight excluding hydrogens is 208 g/mol. The highest BCUT2D eigenvalue weighted by atomic mass is 16.5. The van der Waals surface area contributed by atoms with Gasteiger partial charge in [0.25, 0.3) is 0 Å². The molecule has 0 N–H and O–H groups in total. The van der Waals surface area contributed by atoms with Crippen molar-refractivity contribution in [3.8, 4) is 11.1 Å². The molecule has 0 fully saturated rings. The molecule has 0 unspecified atom stereocenters. The quantitative estimate of drug-likeness (QED) is 0.758. The van der Waals surface area contributed by atoms with Crippen molar-refractivity contribution in [2.24, 2.45) is 0 Å². The van der Waals surface area contributed by atoms with Gasteiger partial charge in [-0.25, -0.2) is 0 Å². The van der Waals surface area contributed by atoms with Crippen LogP contribution in [0.5, 0.6) is 0 Å². The molecule has 0 spiro atoms. The lowest BCUT2D eigenvalue weighted by Gasteiger charge is -2.04. The van der Waals surface area contributed by atoms with Gasteiger partial charge in [-0.3, -0.25) is 0 Å². The van der Waals surface area contributed by atoms with E-state index in [4.69, 9.17) is 4.74 Å². The molecule has 0 aliphatic rings. The van der Waals surface area contributed by atoms with E-state index >= 15 is 0 Å². The normalized spacial score (nSPS) is 10.2. The summed E-state index contributed by atoms with van der Waals surface area (Å²) in [5, 5.41) is 0. The lowest BCUT2D eigenvalue weighted by Crippen LogP contribution is -1.86. The molecular formula is C16H16O. The summed E-state index contributed by atoms with van der Waals surface area (Å²) in [5.41, 5.74) is 4.78. The molecule has 0 atom stereocenters. The van der Waals surface area contributed by atoms with Gasteiger partial charge < -0.3 is 4.74 Å². The van der Waals surface area contributed by atoms with Crippen LogP contribution < -0.4 is 0 Å². The molecule has 0 heterocycles. The number of ether oxygens (including phenoxy) is 1. The van der Waals surface area contributed by atoms with E-state index in [1.54, 1.807) is 7.11 Å². The van der Waals surface area contributed by atoms with Crippen molar-refractivity contribution in [1.29, 1.82) is 0 Å². The molecule has 0 aliphatic heterocycles. The Morgan fingerprint density at radius 1 is 0.941 bits per heavy atom. The zero-order valence-electron chi connectivity index (χ0n) is 10.0. The van der Waals surface area contributed by atoms with Crippen molar-refractivity contribution in [3.63, 3.8) is 0 Å². The first-order valence-corrected chi connectivity index (χ1v) is 5.64. The minimum atomic E-state index is 0.662. The number of benzene rings is 2. The Labute approximate surface area is 102 Å². The van der Waals surface area contributed by atoms with Crippen molar-refractivity contribution in [2.45, 2.75) is 6.61 Å². The molecule has 0 aromatic heterocycles. The third kappa shape index (κ3) is 2.83. The lowest BCUT2D eigenvalue weighted by atomic mass is 10.0. The highest BCUT2D eigenvalue weighted by molar-refractivity contribution is 5.65. The van der Waals surface area contributed by atoms with Crippen LogP contribution in [0.15, 0.2) is 55.1 Å². The van der Waals surface area contributed by atoms with Crippen LogP contribution in [0.4, 0.5) is 0 Å². The van der Waals surface area contributed by atoms with E-state index in [2.05, 4.69) is 55.1 Å². The summed E-state index contributed by atoms with van der Waals surface area (Å²) in [6, 6.07) is 16.8. The van der Waals surface area contributed by atoms with Gasteiger partial charge in [0.15, 0.2) is 0 Å². The molecule has 0 radical (unpaired) electrons. The molecule has 17 heavy (non-hydrogen) atoms. The largest absolute Gasteiger partial charge is 0.380 e. The van der Waals surface area contributed by atoms with Crippen LogP contribution in [0.25, 0.3) is 17.2 Å². The maximum Gasteiger partial charge on any atom is 0.0713 e. The molecule has 0 saturated carbocycles. The molecule has 86 valence electrons. The minimum absolute atomic E-state index is 0.662. The van der Waals surface area contributed by atoms with E-state index in [1.807, 2.05) is 6.08 Å². The molecule has 2 aromatic carbocycles. The first-order valence-electron chi connectivity index (χ1n) is 5.64. The monoisotopic (exact) mass is 224 g/mol. The smallest absolute Gasteiger partial charge is 0.0713 e. The van der Waals surface area contributed by atoms with Crippen LogP contribution in [-0.2, 0) is 11.3 Å². The lowest BCUT2D eigenvalue weighted by molar-refractivity contribution is 0.185. The van der Waals surface area contributed by atoms with Gasteiger partial charge in [0.1, 0.15) is 0 Å². The molecule has 1 nitrogen and oxygen atoms in total. The summed E-state index contributed by atoms with van der Waals surface area (Å²) in [7, 11) is 1.71. The zero-order chi connectivity index (χ0) is 12.1. The average Bonchev–Trinajstić information content (AvgIpc) is 2.40. The second-order valence-electron chi connectivity index (χ2n) is 3.96. The fourth-order valence-corrected chi connectivity index (χ4v) is 1.77. The van der Waals surface area contributed by atoms with E-state index in [1.165, 1.54) is 16.7 Å². The van der Waals surface area contributed by atoms with Gasteiger partial charge in [-0.15, -0.1) is 0 Å². The molecule has 0 amide bonds. The minimum Gasteiger partial charge on any atom is -0.380 e. The fraction of sp³-hybridized carbons (Fsp3) is 0.125. The van der Waals surface area contributed by atoms with Crippen molar-refractivity contribution in [3.05, 3.63) is 66.2 Å². The van der Waals surface area contributed by atoms with Crippen LogP contribution in [0.1, 0.15) is 11.1 Å². The second-order valence-corrected chi connectivity index (χ2v) is 3.96. The third-order valence-corrected chi connectivity index (χ3v) is 2.74. The first-order chi connectivity index (χ1) is 8.33. The van der Waals surface area contributed by atoms with E-state index in [0.29, 0.717) is 6.61 Å². The summed E-state index contributed by atoms with van der Waals surface area (Å²) in [6.45, 7) is 4.41. The van der Waals surface area contributed by atoms with E-state index < -0.39 is 0 Å². The Bertz CT molecular complexity index is 480. The van der Waals surface area contributed by atoms with Crippen LogP contribution in [0.2, 0.25) is 0 Å². The predicted molar refractivity (Wildman–Crippen MR) is 72.7 cm³/mol. The van der Waals surface area contributed by atoms with Gasteiger partial charge in [-0.05, 0) is 22.3 Å². The standard InChI is InChI=1S/C16H16O/c1-3-13-4-8-15(9-5-13)16-10-6-14(7-11-16)12-17-2/h3-11H,1,12H2,2H3. The van der Waals surface area contributed by atoms with Crippen molar-refractivity contribution in [2.75, 3.05) is 7.11 Å². The topological polar surface area (TPSA) is 9.23 Å². The molecule has 2 rings (SSSR count). The summed E-state index contributed by atoms with van der Waals surface area (Å²) in [4.78, 5) is 0. The summed E-state index contributed by atoms with van der Waals surface area (Å²) in [5.74, 6) is 0. The van der Waals surface area contributed by atoms with Gasteiger partial charge in [0.05, 0.1) is 6.61 Å². The van der Waals surface area contributed by atoms with E-state index in [9.17, 15) is 0 Å². The zero-order valence-corrected chi connectivity index (χ0v) is 10.0. The van der Waals surface area contributed by atoms with Crippen molar-refractivity contribution >= 4 is 6.08 Å². The van der Waals surface area contributed by atoms with Crippen LogP contribution in [-0.4, -0.2) is 7.11 Å². The second kappa shape index (κ2) is 5.46. The van der Waals surface area contributed by atoms with Crippen LogP contribution >= 0.6 is 0 Å². The SMILES string of the molecule is C=Cc1ccc(-c2ccc(COC)cc2)cc1. The van der Waals surface area contributed by atoms with Crippen molar-refractivity contribution in [1.82, 2.24) is 0 Å². The number of rotatable bonds is 4. The van der Waals surface area contributed by atoms with Gasteiger partial charge in [0, 0.05) is 7.11 Å². The third-order valence-electron chi connectivity index (χ3n) is 2.74. The van der Waals surface area contributed by atoms with E-state index in [0.717, 1.165) is 5.56 Å².